The lowest BCUT2D eigenvalue weighted by Crippen LogP contribution is -2.25. The maximum absolute atomic E-state index is 2.32. The van der Waals surface area contributed by atoms with E-state index in [2.05, 4.69) is 89.2 Å². The highest BCUT2D eigenvalue weighted by Gasteiger charge is 2.14. The van der Waals surface area contributed by atoms with Crippen LogP contribution >= 0.6 is 0 Å². The zero-order chi connectivity index (χ0) is 14.2. The Morgan fingerprint density at radius 1 is 0.857 bits per heavy atom. The monoisotopic (exact) mass is 273 g/mol. The van der Waals surface area contributed by atoms with Crippen LogP contribution in [0.15, 0.2) is 73.1 Å². The van der Waals surface area contributed by atoms with E-state index in [0.29, 0.717) is 0 Å². The van der Waals surface area contributed by atoms with Crippen molar-refractivity contribution in [2.45, 2.75) is 6.54 Å². The molecule has 1 heterocycles. The summed E-state index contributed by atoms with van der Waals surface area (Å²) in [6.45, 7) is 0.899. The van der Waals surface area contributed by atoms with E-state index in [1.54, 1.807) is 0 Å². The Balaban J connectivity index is 1.91. The number of hydrogen-bond acceptors (Lipinski definition) is 0. The van der Waals surface area contributed by atoms with Gasteiger partial charge in [0, 0.05) is 0 Å². The molecule has 0 atom stereocenters. The number of nitrogens with zero attached hydrogens (tertiary/aromatic N) is 2. The third-order valence-corrected chi connectivity index (χ3v) is 4.04. The van der Waals surface area contributed by atoms with Gasteiger partial charge >= 0.3 is 0 Å². The van der Waals surface area contributed by atoms with Crippen molar-refractivity contribution in [3.63, 3.8) is 0 Å². The van der Waals surface area contributed by atoms with Crippen molar-refractivity contribution in [1.82, 2.24) is 4.57 Å². The maximum atomic E-state index is 2.32. The summed E-state index contributed by atoms with van der Waals surface area (Å²) in [4.78, 5) is 0. The topological polar surface area (TPSA) is 8.81 Å². The first-order valence-electron chi connectivity index (χ1n) is 7.22. The van der Waals surface area contributed by atoms with Gasteiger partial charge in [-0.15, -0.1) is 0 Å². The number of aryl methyl sites for hydroxylation is 1. The molecule has 0 spiro atoms. The van der Waals surface area contributed by atoms with Crippen molar-refractivity contribution in [2.75, 3.05) is 0 Å². The van der Waals surface area contributed by atoms with Gasteiger partial charge in [0.05, 0.1) is 7.05 Å². The molecule has 4 aromatic rings. The number of aromatic nitrogens is 2. The highest BCUT2D eigenvalue weighted by molar-refractivity contribution is 5.94. The number of fused-ring (bicyclic) bond motifs is 2. The van der Waals surface area contributed by atoms with E-state index in [-0.39, 0.29) is 0 Å². The molecule has 0 aliphatic rings. The van der Waals surface area contributed by atoms with Crippen molar-refractivity contribution in [3.05, 3.63) is 78.6 Å². The zero-order valence-electron chi connectivity index (χ0n) is 12.0. The van der Waals surface area contributed by atoms with Crippen LogP contribution in [0.25, 0.3) is 21.8 Å². The molecule has 0 N–H and O–H groups in total. The fraction of sp³-hybridized carbons (Fsp3) is 0.105. The van der Waals surface area contributed by atoms with Crippen LogP contribution in [-0.4, -0.2) is 4.57 Å². The van der Waals surface area contributed by atoms with E-state index in [1.807, 2.05) is 0 Å². The average molecular weight is 273 g/mol. The Bertz CT molecular complexity index is 920. The molecule has 0 amide bonds. The van der Waals surface area contributed by atoms with E-state index in [9.17, 15) is 0 Å². The van der Waals surface area contributed by atoms with Crippen LogP contribution in [0.2, 0.25) is 0 Å². The van der Waals surface area contributed by atoms with Gasteiger partial charge in [-0.3, -0.25) is 0 Å². The Labute approximate surface area is 123 Å². The molecule has 0 aliphatic heterocycles. The number of benzene rings is 3. The van der Waals surface area contributed by atoms with Crippen LogP contribution in [0.1, 0.15) is 5.56 Å². The fourth-order valence-electron chi connectivity index (χ4n) is 2.97. The van der Waals surface area contributed by atoms with Gasteiger partial charge in [-0.25, -0.2) is 9.13 Å². The van der Waals surface area contributed by atoms with Crippen molar-refractivity contribution in [2.24, 2.45) is 7.05 Å². The molecular formula is C19H17N2+. The van der Waals surface area contributed by atoms with Gasteiger partial charge in [0.2, 0.25) is 6.33 Å². The van der Waals surface area contributed by atoms with Crippen LogP contribution < -0.4 is 4.57 Å². The van der Waals surface area contributed by atoms with Crippen LogP contribution in [0, 0.1) is 0 Å². The van der Waals surface area contributed by atoms with Gasteiger partial charge in [0.25, 0.3) is 0 Å². The van der Waals surface area contributed by atoms with Crippen molar-refractivity contribution in [3.8, 4) is 0 Å². The lowest BCUT2D eigenvalue weighted by molar-refractivity contribution is -0.645. The highest BCUT2D eigenvalue weighted by atomic mass is 15.1. The molecule has 1 aromatic heterocycles. The van der Waals surface area contributed by atoms with Gasteiger partial charge in [0.15, 0.2) is 11.0 Å². The lowest BCUT2D eigenvalue weighted by Gasteiger charge is -2.00. The molecule has 0 saturated carbocycles. The standard InChI is InChI=1S/C19H17N2/c1-20-14-21(13-15-7-3-2-4-8-15)19-12-17-10-6-5-9-16(17)11-18(19)20/h2-12,14H,13H2,1H3/q+1. The Hall–Kier alpha value is -2.61. The Kier molecular flexibility index (Phi) is 2.74. The summed E-state index contributed by atoms with van der Waals surface area (Å²) in [6, 6.07) is 23.7. The fourth-order valence-corrected chi connectivity index (χ4v) is 2.97. The first-order valence-corrected chi connectivity index (χ1v) is 7.22. The second-order valence-corrected chi connectivity index (χ2v) is 5.53. The summed E-state index contributed by atoms with van der Waals surface area (Å²) < 4.78 is 4.52. The summed E-state index contributed by atoms with van der Waals surface area (Å²) in [5.41, 5.74) is 3.87. The molecule has 0 saturated heterocycles. The molecule has 3 aromatic carbocycles. The molecule has 0 fully saturated rings. The molecule has 21 heavy (non-hydrogen) atoms. The second-order valence-electron chi connectivity index (χ2n) is 5.53. The van der Waals surface area contributed by atoms with Crippen LogP contribution in [0.5, 0.6) is 0 Å². The summed E-state index contributed by atoms with van der Waals surface area (Å²) >= 11 is 0. The van der Waals surface area contributed by atoms with Crippen molar-refractivity contribution >= 4 is 21.8 Å². The quantitative estimate of drug-likeness (QED) is 0.493. The number of rotatable bonds is 2. The Morgan fingerprint density at radius 2 is 1.52 bits per heavy atom. The molecule has 4 rings (SSSR count). The summed E-state index contributed by atoms with van der Waals surface area (Å²) in [7, 11) is 2.11. The van der Waals surface area contributed by atoms with Gasteiger partial charge in [-0.1, -0.05) is 54.6 Å². The van der Waals surface area contributed by atoms with E-state index in [1.165, 1.54) is 27.4 Å². The van der Waals surface area contributed by atoms with Crippen molar-refractivity contribution < 1.29 is 4.57 Å². The van der Waals surface area contributed by atoms with Gasteiger partial charge in [-0.05, 0) is 28.5 Å². The Morgan fingerprint density at radius 3 is 2.29 bits per heavy atom. The van der Waals surface area contributed by atoms with Crippen LogP contribution in [0.3, 0.4) is 0 Å². The summed E-state index contributed by atoms with van der Waals surface area (Å²) in [5, 5.41) is 2.58. The average Bonchev–Trinajstić information content (AvgIpc) is 2.82. The molecule has 0 bridgehead atoms. The van der Waals surface area contributed by atoms with Crippen molar-refractivity contribution in [1.29, 1.82) is 0 Å². The highest BCUT2D eigenvalue weighted by Crippen LogP contribution is 2.21. The summed E-state index contributed by atoms with van der Waals surface area (Å²) in [6.07, 6.45) is 2.18. The first kappa shape index (κ1) is 12.2. The molecular weight excluding hydrogens is 256 g/mol. The summed E-state index contributed by atoms with van der Waals surface area (Å²) in [5.74, 6) is 0. The van der Waals surface area contributed by atoms with E-state index in [4.69, 9.17) is 0 Å². The molecule has 0 unspecified atom stereocenters. The molecule has 0 aliphatic carbocycles. The number of imidazole rings is 1. The second kappa shape index (κ2) is 4.74. The van der Waals surface area contributed by atoms with E-state index in [0.717, 1.165) is 6.54 Å². The van der Waals surface area contributed by atoms with Crippen LogP contribution in [-0.2, 0) is 13.6 Å². The van der Waals surface area contributed by atoms with E-state index < -0.39 is 0 Å². The largest absolute Gasteiger partial charge is 0.244 e. The minimum Gasteiger partial charge on any atom is -0.233 e. The molecule has 2 nitrogen and oxygen atoms in total. The third-order valence-electron chi connectivity index (χ3n) is 4.04. The number of hydrogen-bond donors (Lipinski definition) is 0. The third kappa shape index (κ3) is 2.09. The minimum atomic E-state index is 0.899. The minimum absolute atomic E-state index is 0.899. The van der Waals surface area contributed by atoms with Gasteiger partial charge in [0.1, 0.15) is 6.54 Å². The van der Waals surface area contributed by atoms with E-state index >= 15 is 0 Å². The predicted molar refractivity (Wildman–Crippen MR) is 86.2 cm³/mol. The van der Waals surface area contributed by atoms with Gasteiger partial charge in [-0.2, -0.15) is 0 Å². The SMILES string of the molecule is C[n+]1cn(Cc2ccccc2)c2cc3ccccc3cc21. The molecule has 0 radical (unpaired) electrons. The van der Waals surface area contributed by atoms with Crippen LogP contribution in [0.4, 0.5) is 0 Å². The maximum Gasteiger partial charge on any atom is 0.244 e. The predicted octanol–water partition coefficient (Wildman–Crippen LogP) is 3.67. The molecule has 2 heteroatoms. The first-order chi connectivity index (χ1) is 10.3. The molecule has 102 valence electrons. The zero-order valence-corrected chi connectivity index (χ0v) is 12.0. The normalized spacial score (nSPS) is 11.3. The van der Waals surface area contributed by atoms with Gasteiger partial charge < -0.3 is 0 Å². The smallest absolute Gasteiger partial charge is 0.233 e. The lowest BCUT2D eigenvalue weighted by atomic mass is 10.1.